The van der Waals surface area contributed by atoms with Crippen LogP contribution < -0.4 is 25.4 Å². The first kappa shape index (κ1) is 23.4. The fourth-order valence-electron chi connectivity index (χ4n) is 2.33. The Morgan fingerprint density at radius 3 is 2.32 bits per heavy atom. The molecule has 1 amide bonds. The summed E-state index contributed by atoms with van der Waals surface area (Å²) in [6.45, 7) is 9.85. The number of amides is 1. The van der Waals surface area contributed by atoms with E-state index in [-0.39, 0.29) is 0 Å². The molecule has 28 heavy (non-hydrogen) atoms. The van der Waals surface area contributed by atoms with Gasteiger partial charge in [0, 0.05) is 26.2 Å². The van der Waals surface area contributed by atoms with Crippen LogP contribution in [0.4, 0.5) is 4.79 Å². The van der Waals surface area contributed by atoms with Gasteiger partial charge in [0.05, 0.1) is 14.2 Å². The Bertz CT molecular complexity index is 642. The number of nitrogens with zero attached hydrogens (tertiary/aromatic N) is 1. The topological polar surface area (TPSA) is 93.2 Å². The summed E-state index contributed by atoms with van der Waals surface area (Å²) in [6.07, 6.45) is 0.345. The molecule has 1 aromatic rings. The van der Waals surface area contributed by atoms with E-state index in [2.05, 4.69) is 20.9 Å². The van der Waals surface area contributed by atoms with Gasteiger partial charge in [0.25, 0.3) is 0 Å². The number of benzene rings is 1. The maximum Gasteiger partial charge on any atom is 0.407 e. The minimum atomic E-state index is -0.502. The smallest absolute Gasteiger partial charge is 0.407 e. The molecule has 0 bridgehead atoms. The van der Waals surface area contributed by atoms with Crippen molar-refractivity contribution in [1.82, 2.24) is 16.0 Å². The third-order valence-electron chi connectivity index (χ3n) is 3.55. The van der Waals surface area contributed by atoms with Crippen LogP contribution in [0.2, 0.25) is 0 Å². The second-order valence-electron chi connectivity index (χ2n) is 7.06. The van der Waals surface area contributed by atoms with Gasteiger partial charge in [0.15, 0.2) is 17.5 Å². The van der Waals surface area contributed by atoms with Crippen molar-refractivity contribution in [3.63, 3.8) is 0 Å². The highest BCUT2D eigenvalue weighted by Gasteiger charge is 2.15. The molecule has 0 saturated carbocycles. The largest absolute Gasteiger partial charge is 0.493 e. The number of aliphatic imine (C=N–C) groups is 1. The third kappa shape index (κ3) is 9.34. The standard InChI is InChI=1S/C20H34N4O4/c1-7-21-18(23-12-13-24-19(25)28-20(2,3)4)22-11-10-15-8-9-16(26-5)17(14-15)27-6/h8-9,14H,7,10-13H2,1-6H3,(H,24,25)(H2,21,22,23). The van der Waals surface area contributed by atoms with Crippen LogP contribution in [0.3, 0.4) is 0 Å². The maximum atomic E-state index is 11.6. The summed E-state index contributed by atoms with van der Waals surface area (Å²) in [5, 5.41) is 9.09. The van der Waals surface area contributed by atoms with Crippen molar-refractivity contribution in [1.29, 1.82) is 0 Å². The first-order valence-corrected chi connectivity index (χ1v) is 9.49. The van der Waals surface area contributed by atoms with Gasteiger partial charge in [-0.15, -0.1) is 0 Å². The number of alkyl carbamates (subject to hydrolysis) is 1. The van der Waals surface area contributed by atoms with Gasteiger partial charge in [0.1, 0.15) is 5.60 Å². The number of carbonyl (C=O) groups is 1. The Kier molecular flexibility index (Phi) is 9.98. The zero-order valence-corrected chi connectivity index (χ0v) is 17.8. The molecular weight excluding hydrogens is 360 g/mol. The molecule has 158 valence electrons. The molecule has 0 saturated heterocycles. The normalized spacial score (nSPS) is 11.6. The first-order valence-electron chi connectivity index (χ1n) is 9.49. The number of nitrogens with one attached hydrogen (secondary N) is 3. The van der Waals surface area contributed by atoms with Gasteiger partial charge in [-0.05, 0) is 51.8 Å². The fourth-order valence-corrected chi connectivity index (χ4v) is 2.33. The Hall–Kier alpha value is -2.64. The van der Waals surface area contributed by atoms with Gasteiger partial charge < -0.3 is 30.2 Å². The number of rotatable bonds is 9. The average molecular weight is 395 g/mol. The molecule has 0 aromatic heterocycles. The summed E-state index contributed by atoms with van der Waals surface area (Å²) in [4.78, 5) is 16.2. The van der Waals surface area contributed by atoms with Gasteiger partial charge in [-0.25, -0.2) is 4.79 Å². The van der Waals surface area contributed by atoms with Crippen molar-refractivity contribution in [2.24, 2.45) is 4.99 Å². The first-order chi connectivity index (χ1) is 13.3. The van der Waals surface area contributed by atoms with Gasteiger partial charge in [-0.3, -0.25) is 4.99 Å². The minimum absolute atomic E-state index is 0.426. The zero-order chi connectivity index (χ0) is 21.0. The molecule has 0 aliphatic heterocycles. The second kappa shape index (κ2) is 11.9. The van der Waals surface area contributed by atoms with Crippen LogP contribution in [-0.4, -0.2) is 58.1 Å². The molecule has 0 spiro atoms. The lowest BCUT2D eigenvalue weighted by molar-refractivity contribution is 0.0529. The van der Waals surface area contributed by atoms with Crippen LogP contribution in [0.1, 0.15) is 33.3 Å². The predicted molar refractivity (Wildman–Crippen MR) is 111 cm³/mol. The van der Waals surface area contributed by atoms with E-state index in [0.29, 0.717) is 37.1 Å². The number of methoxy groups -OCH3 is 2. The van der Waals surface area contributed by atoms with E-state index in [0.717, 1.165) is 18.5 Å². The number of guanidine groups is 1. The summed E-state index contributed by atoms with van der Waals surface area (Å²) < 4.78 is 15.8. The Balaban J connectivity index is 2.46. The average Bonchev–Trinajstić information content (AvgIpc) is 2.63. The second-order valence-corrected chi connectivity index (χ2v) is 7.06. The van der Waals surface area contributed by atoms with Crippen LogP contribution in [-0.2, 0) is 11.2 Å². The number of hydrogen-bond donors (Lipinski definition) is 3. The van der Waals surface area contributed by atoms with Gasteiger partial charge in [-0.2, -0.15) is 0 Å². The lowest BCUT2D eigenvalue weighted by Gasteiger charge is -2.19. The quantitative estimate of drug-likeness (QED) is 0.338. The molecule has 8 heteroatoms. The summed E-state index contributed by atoms with van der Waals surface area (Å²) in [6, 6.07) is 5.85. The summed E-state index contributed by atoms with van der Waals surface area (Å²) >= 11 is 0. The van der Waals surface area contributed by atoms with Crippen LogP contribution >= 0.6 is 0 Å². The van der Waals surface area contributed by atoms with Crippen LogP contribution in [0.5, 0.6) is 11.5 Å². The molecule has 0 radical (unpaired) electrons. The van der Waals surface area contributed by atoms with Crippen molar-refractivity contribution >= 4 is 12.1 Å². The lowest BCUT2D eigenvalue weighted by atomic mass is 10.1. The van der Waals surface area contributed by atoms with E-state index < -0.39 is 11.7 Å². The highest BCUT2D eigenvalue weighted by atomic mass is 16.6. The summed E-state index contributed by atoms with van der Waals surface area (Å²) in [7, 11) is 3.24. The molecule has 3 N–H and O–H groups in total. The highest BCUT2D eigenvalue weighted by molar-refractivity contribution is 5.79. The third-order valence-corrected chi connectivity index (χ3v) is 3.55. The monoisotopic (exact) mass is 394 g/mol. The van der Waals surface area contributed by atoms with E-state index in [1.54, 1.807) is 14.2 Å². The number of carbonyl (C=O) groups excluding carboxylic acids is 1. The molecule has 0 unspecified atom stereocenters. The highest BCUT2D eigenvalue weighted by Crippen LogP contribution is 2.27. The Morgan fingerprint density at radius 1 is 1.04 bits per heavy atom. The zero-order valence-electron chi connectivity index (χ0n) is 17.8. The molecule has 0 fully saturated rings. The molecule has 0 aliphatic carbocycles. The Morgan fingerprint density at radius 2 is 1.71 bits per heavy atom. The van der Waals surface area contributed by atoms with Crippen molar-refractivity contribution in [2.45, 2.75) is 39.7 Å². The van der Waals surface area contributed by atoms with Crippen LogP contribution in [0.25, 0.3) is 0 Å². The van der Waals surface area contributed by atoms with Gasteiger partial charge in [-0.1, -0.05) is 6.07 Å². The predicted octanol–water partition coefficient (Wildman–Crippen LogP) is 2.33. The molecule has 0 heterocycles. The van der Waals surface area contributed by atoms with Crippen molar-refractivity contribution in [2.75, 3.05) is 40.4 Å². The number of hydrogen-bond acceptors (Lipinski definition) is 5. The van der Waals surface area contributed by atoms with E-state index >= 15 is 0 Å². The SMILES string of the molecule is CCNC(=NCCc1ccc(OC)c(OC)c1)NCCNC(=O)OC(C)(C)C. The van der Waals surface area contributed by atoms with Crippen molar-refractivity contribution < 1.29 is 19.0 Å². The fraction of sp³-hybridized carbons (Fsp3) is 0.600. The van der Waals surface area contributed by atoms with Gasteiger partial charge >= 0.3 is 6.09 Å². The molecule has 0 aliphatic rings. The van der Waals surface area contributed by atoms with Crippen LogP contribution in [0.15, 0.2) is 23.2 Å². The molecule has 0 atom stereocenters. The number of ether oxygens (including phenoxy) is 3. The van der Waals surface area contributed by atoms with Crippen LogP contribution in [0, 0.1) is 0 Å². The van der Waals surface area contributed by atoms with E-state index in [4.69, 9.17) is 14.2 Å². The van der Waals surface area contributed by atoms with Crippen molar-refractivity contribution in [3.05, 3.63) is 23.8 Å². The van der Waals surface area contributed by atoms with E-state index in [1.165, 1.54) is 0 Å². The van der Waals surface area contributed by atoms with E-state index in [9.17, 15) is 4.79 Å². The van der Waals surface area contributed by atoms with Gasteiger partial charge in [0.2, 0.25) is 0 Å². The van der Waals surface area contributed by atoms with Crippen molar-refractivity contribution in [3.8, 4) is 11.5 Å². The summed E-state index contributed by atoms with van der Waals surface area (Å²) in [5.74, 6) is 2.12. The molecule has 8 nitrogen and oxygen atoms in total. The van der Waals surface area contributed by atoms with E-state index in [1.807, 2.05) is 45.9 Å². The molecular formula is C20H34N4O4. The maximum absolute atomic E-state index is 11.6. The minimum Gasteiger partial charge on any atom is -0.493 e. The molecule has 1 rings (SSSR count). The molecule has 1 aromatic carbocycles. The Labute approximate surface area is 168 Å². The summed E-state index contributed by atoms with van der Waals surface area (Å²) in [5.41, 5.74) is 0.613. The lowest BCUT2D eigenvalue weighted by Crippen LogP contribution is -2.42.